The Morgan fingerprint density at radius 2 is 1.88 bits per heavy atom. The van der Waals surface area contributed by atoms with Crippen molar-refractivity contribution in [1.29, 1.82) is 0 Å². The van der Waals surface area contributed by atoms with Crippen LogP contribution in [0.1, 0.15) is 68.8 Å². The van der Waals surface area contributed by atoms with Gasteiger partial charge in [-0.25, -0.2) is 0 Å². The smallest absolute Gasteiger partial charge is 0.322 e. The zero-order valence-corrected chi connectivity index (χ0v) is 35.3. The van der Waals surface area contributed by atoms with Crippen LogP contribution in [0.25, 0.3) is 21.3 Å². The quantitative estimate of drug-likeness (QED) is 0.0668. The molecule has 3 N–H and O–H groups in total. The lowest BCUT2D eigenvalue weighted by atomic mass is 9.50. The number of hydrogen-bond acceptors (Lipinski definition) is 12. The van der Waals surface area contributed by atoms with Crippen molar-refractivity contribution in [3.8, 4) is 5.75 Å². The molecule has 0 amide bonds. The molecule has 1 aromatic heterocycles. The van der Waals surface area contributed by atoms with Gasteiger partial charge >= 0.3 is 11.9 Å². The second-order valence-electron chi connectivity index (χ2n) is 17.9. The fraction of sp³-hybridized carbons (Fsp3) is 0.578. The molecule has 2 bridgehead atoms. The van der Waals surface area contributed by atoms with Gasteiger partial charge in [-0.1, -0.05) is 49.3 Å². The Labute approximate surface area is 350 Å². The average molecular weight is 823 g/mol. The first-order valence-electron chi connectivity index (χ1n) is 21.2. The number of para-hydroxylation sites is 1. The molecule has 15 nitrogen and oxygen atoms in total. The Morgan fingerprint density at radius 3 is 2.60 bits per heavy atom. The van der Waals surface area contributed by atoms with Crippen LogP contribution in [-0.4, -0.2) is 127 Å². The van der Waals surface area contributed by atoms with Gasteiger partial charge in [-0.15, -0.1) is 0 Å². The molecule has 3 fully saturated rings. The van der Waals surface area contributed by atoms with Crippen LogP contribution in [0.5, 0.6) is 5.75 Å². The summed E-state index contributed by atoms with van der Waals surface area (Å²) in [4.78, 5) is 41.7. The third-order valence-electron chi connectivity index (χ3n) is 15.2. The molecule has 1 aliphatic carbocycles. The standard InChI is InChI=1S/C45H56N7O8/c1-7-41(55)22-28-23-44(40(54)58-6,36-30(14-18-51(24-28)25-41)29-12-9-10-13-33(29)48-36)32-20-31-34(21-35(32)57-5)50(4)38-43(31)16-19-52-17-11-15-42(8-2,37(43)52)39(60-27(3)53)45(38,56)59-26-47-49-46/h9-13,15,20-22,28,37-39,48,55-56H,7-8,14,16-19,23-26H2,1-6H3/t28?,37?,38?,39-,41+,42-,43?,44+,45-/m1/s1. The molecule has 60 heavy (non-hydrogen) atoms. The van der Waals surface area contributed by atoms with E-state index in [1.807, 2.05) is 56.5 Å². The molecule has 2 saturated heterocycles. The van der Waals surface area contributed by atoms with Crippen LogP contribution in [0.2, 0.25) is 0 Å². The topological polar surface area (TPSA) is 186 Å². The second kappa shape index (κ2) is 14.5. The van der Waals surface area contributed by atoms with Crippen LogP contribution in [0, 0.1) is 17.8 Å². The van der Waals surface area contributed by atoms with Crippen molar-refractivity contribution < 1.29 is 38.7 Å². The number of aromatic amines is 1. The fourth-order valence-electron chi connectivity index (χ4n) is 13.1. The van der Waals surface area contributed by atoms with Gasteiger partial charge in [0.15, 0.2) is 6.10 Å². The van der Waals surface area contributed by atoms with Gasteiger partial charge < -0.3 is 39.0 Å². The lowest BCUT2D eigenvalue weighted by Gasteiger charge is -2.64. The van der Waals surface area contributed by atoms with Gasteiger partial charge in [0.1, 0.15) is 17.9 Å². The largest absolute Gasteiger partial charge is 0.496 e. The number of hydrogen-bond donors (Lipinski definition) is 3. The highest BCUT2D eigenvalue weighted by Crippen LogP contribution is 2.68. The van der Waals surface area contributed by atoms with Crippen LogP contribution in [0.3, 0.4) is 0 Å². The maximum Gasteiger partial charge on any atom is 0.322 e. The summed E-state index contributed by atoms with van der Waals surface area (Å²) >= 11 is 0. The predicted molar refractivity (Wildman–Crippen MR) is 223 cm³/mol. The van der Waals surface area contributed by atoms with E-state index in [1.54, 1.807) is 7.11 Å². The lowest BCUT2D eigenvalue weighted by Crippen LogP contribution is -2.80. The molecular formula is C45H56N7O8. The van der Waals surface area contributed by atoms with E-state index in [0.29, 0.717) is 69.7 Å². The number of azide groups is 1. The van der Waals surface area contributed by atoms with Crippen LogP contribution in [0.4, 0.5) is 5.69 Å². The highest BCUT2D eigenvalue weighted by molar-refractivity contribution is 5.94. The number of H-pyrrole nitrogens is 1. The first-order valence-corrected chi connectivity index (χ1v) is 21.2. The number of aromatic nitrogens is 1. The van der Waals surface area contributed by atoms with E-state index < -0.39 is 58.4 Å². The number of nitrogens with zero attached hydrogens (tertiary/aromatic N) is 6. The fourth-order valence-corrected chi connectivity index (χ4v) is 13.1. The first kappa shape index (κ1) is 40.8. The molecule has 10 atom stereocenters. The molecular weight excluding hydrogens is 767 g/mol. The second-order valence-corrected chi connectivity index (χ2v) is 17.9. The van der Waals surface area contributed by atoms with Crippen molar-refractivity contribution in [2.75, 3.05) is 65.6 Å². The van der Waals surface area contributed by atoms with Gasteiger partial charge in [-0.2, -0.15) is 0 Å². The summed E-state index contributed by atoms with van der Waals surface area (Å²) in [6, 6.07) is 11.1. The summed E-state index contributed by atoms with van der Waals surface area (Å²) in [5, 5.41) is 30.0. The Kier molecular flexibility index (Phi) is 9.85. The Bertz CT molecular complexity index is 2310. The number of anilines is 1. The molecule has 9 rings (SSSR count). The van der Waals surface area contributed by atoms with E-state index in [-0.39, 0.29) is 18.4 Å². The van der Waals surface area contributed by atoms with Gasteiger partial charge in [-0.05, 0) is 79.8 Å². The average Bonchev–Trinajstić information content (AvgIpc) is 3.90. The number of likely N-dealkylation sites (N-methyl/N-ethyl adjacent to an activating group) is 1. The van der Waals surface area contributed by atoms with E-state index in [1.165, 1.54) is 14.0 Å². The molecule has 15 heteroatoms. The summed E-state index contributed by atoms with van der Waals surface area (Å²) < 4.78 is 24.9. The number of rotatable bonds is 9. The minimum Gasteiger partial charge on any atom is -0.496 e. The molecule has 1 saturated carbocycles. The van der Waals surface area contributed by atoms with Gasteiger partial charge in [0.25, 0.3) is 0 Å². The summed E-state index contributed by atoms with van der Waals surface area (Å²) in [5.41, 5.74) is 10.00. The van der Waals surface area contributed by atoms with Crippen molar-refractivity contribution in [2.24, 2.45) is 16.4 Å². The number of nitrogens with one attached hydrogen (secondary N) is 1. The van der Waals surface area contributed by atoms with Crippen LogP contribution in [-0.2, 0) is 41.1 Å². The number of fused-ring (bicyclic) bond motifs is 6. The normalized spacial score (nSPS) is 36.5. The maximum atomic E-state index is 15.3. The molecule has 1 spiro atoms. The number of benzene rings is 2. The van der Waals surface area contributed by atoms with E-state index >= 15 is 4.79 Å². The number of ether oxygens (including phenoxy) is 4. The van der Waals surface area contributed by atoms with Crippen molar-refractivity contribution in [1.82, 2.24) is 14.8 Å². The highest BCUT2D eigenvalue weighted by Gasteiger charge is 2.79. The summed E-state index contributed by atoms with van der Waals surface area (Å²) in [6.45, 7) is 8.04. The number of methoxy groups -OCH3 is 2. The van der Waals surface area contributed by atoms with E-state index in [0.717, 1.165) is 33.4 Å². The molecule has 2 aromatic carbocycles. The highest BCUT2D eigenvalue weighted by atomic mass is 16.7. The number of aliphatic hydroxyl groups is 2. The lowest BCUT2D eigenvalue weighted by molar-refractivity contribution is -0.322. The monoisotopic (exact) mass is 822 g/mol. The third-order valence-corrected chi connectivity index (χ3v) is 15.2. The van der Waals surface area contributed by atoms with Crippen LogP contribution < -0.4 is 9.64 Å². The molecule has 1 radical (unpaired) electrons. The van der Waals surface area contributed by atoms with Gasteiger partial charge in [0.05, 0.1) is 25.9 Å². The Balaban J connectivity index is 1.35. The molecule has 3 aromatic rings. The van der Waals surface area contributed by atoms with Crippen LogP contribution in [0.15, 0.2) is 53.7 Å². The number of carbonyl (C=O) groups excluding carboxylic acids is 2. The Morgan fingerprint density at radius 1 is 1.08 bits per heavy atom. The molecule has 5 aliphatic heterocycles. The number of piperidine rings is 1. The van der Waals surface area contributed by atoms with Crippen molar-refractivity contribution >= 4 is 28.5 Å². The van der Waals surface area contributed by atoms with Gasteiger partial charge in [-0.3, -0.25) is 19.4 Å². The number of carbonyl (C=O) groups is 2. The summed E-state index contributed by atoms with van der Waals surface area (Å²) in [7, 11) is 4.92. The molecule has 5 unspecified atom stereocenters. The molecule has 319 valence electrons. The maximum absolute atomic E-state index is 15.3. The predicted octanol–water partition coefficient (Wildman–Crippen LogP) is 4.87. The first-order chi connectivity index (χ1) is 28.8. The van der Waals surface area contributed by atoms with Crippen molar-refractivity contribution in [3.63, 3.8) is 0 Å². The third kappa shape index (κ3) is 5.48. The van der Waals surface area contributed by atoms with Gasteiger partial charge in [0.2, 0.25) is 5.79 Å². The summed E-state index contributed by atoms with van der Waals surface area (Å²) in [5.74, 6) is -2.95. The zero-order valence-electron chi connectivity index (χ0n) is 35.3. The van der Waals surface area contributed by atoms with Crippen LogP contribution >= 0.6 is 0 Å². The molecule has 6 heterocycles. The van der Waals surface area contributed by atoms with Crippen molar-refractivity contribution in [2.45, 2.75) is 93.3 Å². The van der Waals surface area contributed by atoms with Crippen molar-refractivity contribution in [3.05, 3.63) is 87.8 Å². The van der Waals surface area contributed by atoms with Gasteiger partial charge in [0, 0.05) is 95.8 Å². The summed E-state index contributed by atoms with van der Waals surface area (Å²) in [6.07, 6.45) is 7.55. The minimum atomic E-state index is -2.17. The zero-order chi connectivity index (χ0) is 42.4. The number of esters is 2. The molecule has 6 aliphatic rings. The van der Waals surface area contributed by atoms with E-state index in [4.69, 9.17) is 18.9 Å². The Hall–Kier alpha value is -4.63. The van der Waals surface area contributed by atoms with E-state index in [2.05, 4.69) is 49.1 Å². The van der Waals surface area contributed by atoms with E-state index in [9.17, 15) is 20.5 Å². The minimum absolute atomic E-state index is 0.219. The SMILES string of the molecule is CC[C@]1(O)[CH]C2CN(CCc3c([nH]c4ccccc34)[C@@](C(=O)OC)(c3cc4c(cc3OC)N(C)C3C45CCN4CC=C[C@](CC)(C45)[C@@H](OC(C)=O)[C@]3(O)OCN=[N+]=[N-])C2)C1.